The summed E-state index contributed by atoms with van der Waals surface area (Å²) in [6.07, 6.45) is -0.775. The van der Waals surface area contributed by atoms with Crippen LogP contribution in [0.15, 0.2) is 54.6 Å². The summed E-state index contributed by atoms with van der Waals surface area (Å²) in [5.41, 5.74) is 0.908. The highest BCUT2D eigenvalue weighted by Crippen LogP contribution is 2.28. The second kappa shape index (κ2) is 10.3. The highest BCUT2D eigenvalue weighted by atomic mass is 35.5. The van der Waals surface area contributed by atoms with Crippen molar-refractivity contribution in [2.75, 3.05) is 20.2 Å². The zero-order valence-electron chi connectivity index (χ0n) is 19.3. The Morgan fingerprint density at radius 1 is 1.18 bits per heavy atom. The van der Waals surface area contributed by atoms with Gasteiger partial charge in [-0.2, -0.15) is 0 Å². The quantitative estimate of drug-likeness (QED) is 0.598. The first-order valence-electron chi connectivity index (χ1n) is 10.8. The number of nitrogens with zero attached hydrogens (tertiary/aromatic N) is 2. The lowest BCUT2D eigenvalue weighted by Crippen LogP contribution is -2.46. The summed E-state index contributed by atoms with van der Waals surface area (Å²) >= 11 is 6.18. The zero-order valence-corrected chi connectivity index (χ0v) is 20.0. The number of amides is 3. The summed E-state index contributed by atoms with van der Waals surface area (Å²) in [6, 6.07) is 16.0. The van der Waals surface area contributed by atoms with Gasteiger partial charge in [-0.3, -0.25) is 4.79 Å². The molecule has 0 N–H and O–H groups in total. The van der Waals surface area contributed by atoms with Crippen LogP contribution in [-0.2, 0) is 20.7 Å². The average molecular weight is 473 g/mol. The maximum atomic E-state index is 13.7. The van der Waals surface area contributed by atoms with Crippen molar-refractivity contribution in [3.8, 4) is 0 Å². The molecular weight excluding hydrogens is 444 g/mol. The van der Waals surface area contributed by atoms with Gasteiger partial charge in [0.15, 0.2) is 0 Å². The van der Waals surface area contributed by atoms with Gasteiger partial charge in [-0.1, -0.05) is 54.1 Å². The minimum atomic E-state index is -0.829. The molecule has 2 atom stereocenters. The summed E-state index contributed by atoms with van der Waals surface area (Å²) in [5, 5.41) is 0.454. The van der Waals surface area contributed by atoms with Gasteiger partial charge in [-0.25, -0.2) is 14.5 Å². The third-order valence-corrected chi connectivity index (χ3v) is 5.46. The van der Waals surface area contributed by atoms with Crippen molar-refractivity contribution in [1.29, 1.82) is 0 Å². The minimum absolute atomic E-state index is 0.00985. The molecule has 2 aromatic rings. The number of benzene rings is 2. The lowest BCUT2D eigenvalue weighted by Gasteiger charge is -2.30. The van der Waals surface area contributed by atoms with Crippen LogP contribution >= 0.6 is 11.6 Å². The van der Waals surface area contributed by atoms with Gasteiger partial charge in [-0.05, 0) is 50.5 Å². The molecule has 0 bridgehead atoms. The second-order valence-corrected chi connectivity index (χ2v) is 9.53. The van der Waals surface area contributed by atoms with Gasteiger partial charge in [0, 0.05) is 18.6 Å². The second-order valence-electron chi connectivity index (χ2n) is 9.10. The van der Waals surface area contributed by atoms with Crippen LogP contribution in [0.2, 0.25) is 5.02 Å². The number of rotatable bonds is 6. The van der Waals surface area contributed by atoms with E-state index >= 15 is 0 Å². The van der Waals surface area contributed by atoms with E-state index in [9.17, 15) is 14.4 Å². The zero-order chi connectivity index (χ0) is 24.2. The van der Waals surface area contributed by atoms with Crippen LogP contribution in [0.1, 0.15) is 37.8 Å². The number of cyclic esters (lactones) is 1. The molecule has 0 aliphatic carbocycles. The van der Waals surface area contributed by atoms with Crippen molar-refractivity contribution in [2.24, 2.45) is 0 Å². The SMILES string of the molecule is CN(CC(C(=O)N1C(=O)OC[C@@H]1Cc1ccccc1)c1cccc(Cl)c1)C(=O)OC(C)(C)C. The van der Waals surface area contributed by atoms with Crippen LogP contribution in [0.3, 0.4) is 0 Å². The topological polar surface area (TPSA) is 76.2 Å². The van der Waals surface area contributed by atoms with Crippen molar-refractivity contribution in [2.45, 2.75) is 44.8 Å². The van der Waals surface area contributed by atoms with Crippen LogP contribution in [-0.4, -0.2) is 59.7 Å². The van der Waals surface area contributed by atoms with Crippen molar-refractivity contribution < 1.29 is 23.9 Å². The Hall–Kier alpha value is -3.06. The summed E-state index contributed by atoms with van der Waals surface area (Å²) in [7, 11) is 1.56. The third kappa shape index (κ3) is 6.48. The Labute approximate surface area is 199 Å². The summed E-state index contributed by atoms with van der Waals surface area (Å²) in [6.45, 7) is 5.44. The van der Waals surface area contributed by atoms with Gasteiger partial charge in [0.2, 0.25) is 5.91 Å². The number of carbonyl (C=O) groups excluding carboxylic acids is 3. The smallest absolute Gasteiger partial charge is 0.417 e. The Kier molecular flexibility index (Phi) is 7.64. The highest BCUT2D eigenvalue weighted by molar-refractivity contribution is 6.30. The van der Waals surface area contributed by atoms with Crippen LogP contribution in [0.25, 0.3) is 0 Å². The van der Waals surface area contributed by atoms with E-state index in [-0.39, 0.29) is 13.2 Å². The normalized spacial score (nSPS) is 16.8. The molecule has 7 nitrogen and oxygen atoms in total. The van der Waals surface area contributed by atoms with Crippen LogP contribution in [0, 0.1) is 0 Å². The summed E-state index contributed by atoms with van der Waals surface area (Å²) < 4.78 is 10.7. The van der Waals surface area contributed by atoms with Crippen LogP contribution < -0.4 is 0 Å². The van der Waals surface area contributed by atoms with Gasteiger partial charge in [0.1, 0.15) is 12.2 Å². The first-order valence-corrected chi connectivity index (χ1v) is 11.2. The van der Waals surface area contributed by atoms with Gasteiger partial charge < -0.3 is 14.4 Å². The number of ether oxygens (including phenoxy) is 2. The lowest BCUT2D eigenvalue weighted by atomic mass is 9.95. The number of imide groups is 1. The molecule has 0 saturated carbocycles. The molecule has 1 aliphatic heterocycles. The van der Waals surface area contributed by atoms with Gasteiger partial charge in [-0.15, -0.1) is 0 Å². The molecule has 1 aliphatic rings. The number of hydrogen-bond acceptors (Lipinski definition) is 5. The predicted octanol–water partition coefficient (Wildman–Crippen LogP) is 4.88. The Bertz CT molecular complexity index is 1010. The maximum absolute atomic E-state index is 13.7. The molecule has 0 radical (unpaired) electrons. The van der Waals surface area contributed by atoms with E-state index in [0.29, 0.717) is 17.0 Å². The lowest BCUT2D eigenvalue weighted by molar-refractivity contribution is -0.131. The molecule has 2 aromatic carbocycles. The van der Waals surface area contributed by atoms with E-state index < -0.39 is 35.7 Å². The molecular formula is C25H29ClN2O5. The maximum Gasteiger partial charge on any atom is 0.417 e. The van der Waals surface area contributed by atoms with Crippen LogP contribution in [0.4, 0.5) is 9.59 Å². The molecule has 33 heavy (non-hydrogen) atoms. The van der Waals surface area contributed by atoms with Gasteiger partial charge >= 0.3 is 12.2 Å². The summed E-state index contributed by atoms with van der Waals surface area (Å²) in [5.74, 6) is -1.28. The Balaban J connectivity index is 1.87. The van der Waals surface area contributed by atoms with E-state index in [1.807, 2.05) is 30.3 Å². The fourth-order valence-corrected chi connectivity index (χ4v) is 3.87. The largest absolute Gasteiger partial charge is 0.447 e. The van der Waals surface area contributed by atoms with E-state index in [2.05, 4.69) is 0 Å². The fourth-order valence-electron chi connectivity index (χ4n) is 3.67. The van der Waals surface area contributed by atoms with Gasteiger partial charge in [0.05, 0.1) is 12.0 Å². The number of carbonyl (C=O) groups is 3. The monoisotopic (exact) mass is 472 g/mol. The first kappa shape index (κ1) is 24.6. The molecule has 3 amide bonds. The first-order chi connectivity index (χ1) is 15.5. The molecule has 0 aromatic heterocycles. The fraction of sp³-hybridized carbons (Fsp3) is 0.400. The number of likely N-dealkylation sites (N-methyl/N-ethyl adjacent to an activating group) is 1. The van der Waals surface area contributed by atoms with Crippen molar-refractivity contribution in [1.82, 2.24) is 9.80 Å². The standard InChI is InChI=1S/C25H29ClN2O5/c1-25(2,3)33-23(30)27(4)15-21(18-11-8-12-19(26)14-18)22(29)28-20(16-32-24(28)31)13-17-9-6-5-7-10-17/h5-12,14,20-21H,13,15-16H2,1-4H3/t20-,21?/m0/s1. The predicted molar refractivity (Wildman–Crippen MR) is 125 cm³/mol. The molecule has 1 saturated heterocycles. The summed E-state index contributed by atoms with van der Waals surface area (Å²) in [4.78, 5) is 41.4. The van der Waals surface area contributed by atoms with E-state index in [0.717, 1.165) is 5.56 Å². The number of halogens is 1. The number of hydrogen-bond donors (Lipinski definition) is 0. The molecule has 1 fully saturated rings. The third-order valence-electron chi connectivity index (χ3n) is 5.22. The van der Waals surface area contributed by atoms with Crippen molar-refractivity contribution in [3.63, 3.8) is 0 Å². The Morgan fingerprint density at radius 2 is 1.88 bits per heavy atom. The van der Waals surface area contributed by atoms with Crippen LogP contribution in [0.5, 0.6) is 0 Å². The van der Waals surface area contributed by atoms with Crippen molar-refractivity contribution >= 4 is 29.7 Å². The van der Waals surface area contributed by atoms with E-state index in [4.69, 9.17) is 21.1 Å². The molecule has 0 spiro atoms. The van der Waals surface area contributed by atoms with E-state index in [1.54, 1.807) is 52.1 Å². The molecule has 3 rings (SSSR count). The van der Waals surface area contributed by atoms with Crippen molar-refractivity contribution in [3.05, 3.63) is 70.7 Å². The van der Waals surface area contributed by atoms with Gasteiger partial charge in [0.25, 0.3) is 0 Å². The molecule has 1 unspecified atom stereocenters. The molecule has 8 heteroatoms. The highest BCUT2D eigenvalue weighted by Gasteiger charge is 2.42. The molecule has 1 heterocycles. The Morgan fingerprint density at radius 3 is 2.52 bits per heavy atom. The molecule has 176 valence electrons. The average Bonchev–Trinajstić information content (AvgIpc) is 3.10. The van der Waals surface area contributed by atoms with E-state index in [1.165, 1.54) is 9.80 Å². The minimum Gasteiger partial charge on any atom is -0.447 e.